The van der Waals surface area contributed by atoms with Crippen molar-refractivity contribution in [2.24, 2.45) is 0 Å². The van der Waals surface area contributed by atoms with E-state index in [0.717, 1.165) is 22.3 Å². The molecule has 0 N–H and O–H groups in total. The van der Waals surface area contributed by atoms with Gasteiger partial charge in [0.2, 0.25) is 5.78 Å². The summed E-state index contributed by atoms with van der Waals surface area (Å²) in [5.41, 5.74) is 4.74. The summed E-state index contributed by atoms with van der Waals surface area (Å²) >= 11 is 0. The number of hydrogen-bond acceptors (Lipinski definition) is 3. The normalized spacial score (nSPS) is 11.4. The maximum atomic E-state index is 13.0. The summed E-state index contributed by atoms with van der Waals surface area (Å²) in [7, 11) is 0. The van der Waals surface area contributed by atoms with Gasteiger partial charge < -0.3 is 4.57 Å². The van der Waals surface area contributed by atoms with Crippen molar-refractivity contribution >= 4 is 22.6 Å². The van der Waals surface area contributed by atoms with E-state index in [-0.39, 0.29) is 17.9 Å². The van der Waals surface area contributed by atoms with Crippen molar-refractivity contribution in [1.82, 2.24) is 14.0 Å². The Morgan fingerprint density at radius 1 is 1.04 bits per heavy atom. The quantitative estimate of drug-likeness (QED) is 0.522. The number of ketones is 1. The maximum Gasteiger partial charge on any atom is 0.262 e. The van der Waals surface area contributed by atoms with Crippen LogP contribution in [0.25, 0.3) is 16.8 Å². The Kier molecular flexibility index (Phi) is 4.15. The molecule has 0 aliphatic heterocycles. The third-order valence-corrected chi connectivity index (χ3v) is 5.12. The number of carbonyl (C=O) groups is 1. The van der Waals surface area contributed by atoms with Crippen LogP contribution in [0.15, 0.2) is 53.3 Å². The van der Waals surface area contributed by atoms with Crippen LogP contribution < -0.4 is 5.56 Å². The zero-order valence-corrected chi connectivity index (χ0v) is 15.7. The fourth-order valence-corrected chi connectivity index (χ4v) is 3.57. The third kappa shape index (κ3) is 2.76. The number of imidazole rings is 1. The summed E-state index contributed by atoms with van der Waals surface area (Å²) < 4.78 is 3.49. The van der Waals surface area contributed by atoms with Crippen LogP contribution in [0, 0.1) is 13.8 Å². The molecule has 4 rings (SSSR count). The Hall–Kier alpha value is -3.21. The van der Waals surface area contributed by atoms with Crippen LogP contribution in [0.1, 0.15) is 34.1 Å². The molecule has 0 aliphatic rings. The first kappa shape index (κ1) is 17.2. The second-order valence-electron chi connectivity index (χ2n) is 6.83. The molecule has 2 heterocycles. The summed E-state index contributed by atoms with van der Waals surface area (Å²) in [6, 6.07) is 15.1. The minimum absolute atomic E-state index is 0.00208. The Morgan fingerprint density at radius 2 is 1.74 bits per heavy atom. The van der Waals surface area contributed by atoms with Crippen LogP contribution in [0.5, 0.6) is 0 Å². The van der Waals surface area contributed by atoms with Gasteiger partial charge in [-0.25, -0.2) is 9.38 Å². The van der Waals surface area contributed by atoms with E-state index in [0.29, 0.717) is 23.3 Å². The number of nitrogens with zero attached hydrogens (tertiary/aromatic N) is 3. The average molecular weight is 359 g/mol. The molecule has 0 fully saturated rings. The van der Waals surface area contributed by atoms with Crippen molar-refractivity contribution < 1.29 is 4.79 Å². The largest absolute Gasteiger partial charge is 0.307 e. The van der Waals surface area contributed by atoms with E-state index in [1.54, 1.807) is 4.40 Å². The van der Waals surface area contributed by atoms with Gasteiger partial charge in [0.1, 0.15) is 0 Å². The summed E-state index contributed by atoms with van der Waals surface area (Å²) in [4.78, 5) is 30.6. The second-order valence-corrected chi connectivity index (χ2v) is 6.83. The highest BCUT2D eigenvalue weighted by Gasteiger charge is 2.19. The highest BCUT2D eigenvalue weighted by molar-refractivity contribution is 5.96. The lowest BCUT2D eigenvalue weighted by molar-refractivity contribution is 0.0972. The van der Waals surface area contributed by atoms with Gasteiger partial charge in [-0.05, 0) is 32.4 Å². The molecule has 2 aromatic heterocycles. The minimum atomic E-state index is -0.0577. The van der Waals surface area contributed by atoms with Crippen molar-refractivity contribution in [2.75, 3.05) is 0 Å². The van der Waals surface area contributed by atoms with Crippen LogP contribution in [-0.2, 0) is 13.0 Å². The molecule has 0 spiro atoms. The van der Waals surface area contributed by atoms with E-state index in [1.807, 2.05) is 73.9 Å². The molecule has 0 radical (unpaired) electrons. The van der Waals surface area contributed by atoms with Crippen LogP contribution in [0.3, 0.4) is 0 Å². The molecule has 2 aromatic carbocycles. The summed E-state index contributed by atoms with van der Waals surface area (Å²) in [5, 5.41) is 0. The Balaban J connectivity index is 1.95. The molecular formula is C22H21N3O2. The van der Waals surface area contributed by atoms with Gasteiger partial charge in [-0.2, -0.15) is 0 Å². The van der Waals surface area contributed by atoms with Gasteiger partial charge in [-0.3, -0.25) is 9.59 Å². The zero-order valence-electron chi connectivity index (χ0n) is 15.7. The molecule has 0 bridgehead atoms. The van der Waals surface area contributed by atoms with Gasteiger partial charge in [-0.1, -0.05) is 48.9 Å². The van der Waals surface area contributed by atoms with E-state index in [9.17, 15) is 9.59 Å². The highest BCUT2D eigenvalue weighted by Crippen LogP contribution is 2.18. The fraction of sp³-hybridized carbons (Fsp3) is 0.227. The molecule has 0 saturated carbocycles. The Bertz CT molecular complexity index is 1230. The van der Waals surface area contributed by atoms with Gasteiger partial charge in [-0.15, -0.1) is 0 Å². The fourth-order valence-electron chi connectivity index (χ4n) is 3.57. The highest BCUT2D eigenvalue weighted by atomic mass is 16.1. The number of benzene rings is 2. The molecule has 0 saturated heterocycles. The number of fused-ring (bicyclic) bond motifs is 3. The molecule has 5 heteroatoms. The minimum Gasteiger partial charge on any atom is -0.307 e. The van der Waals surface area contributed by atoms with E-state index < -0.39 is 0 Å². The number of aryl methyl sites for hydroxylation is 1. The van der Waals surface area contributed by atoms with Crippen molar-refractivity contribution in [3.05, 3.63) is 81.3 Å². The number of rotatable bonds is 4. The topological polar surface area (TPSA) is 56.4 Å². The summed E-state index contributed by atoms with van der Waals surface area (Å²) in [6.45, 7) is 5.99. The van der Waals surface area contributed by atoms with Crippen molar-refractivity contribution in [3.8, 4) is 0 Å². The monoisotopic (exact) mass is 359 g/mol. The predicted octanol–water partition coefficient (Wildman–Crippen LogP) is 3.71. The van der Waals surface area contributed by atoms with Gasteiger partial charge in [0.05, 0.1) is 17.6 Å². The summed E-state index contributed by atoms with van der Waals surface area (Å²) in [5.74, 6) is 0.508. The molecule has 136 valence electrons. The van der Waals surface area contributed by atoms with E-state index in [4.69, 9.17) is 0 Å². The van der Waals surface area contributed by atoms with Crippen molar-refractivity contribution in [2.45, 2.75) is 33.7 Å². The standard InChI is InChI=1S/C22H21N3O2/c1-4-17-15(3)24(13-20(26)16-11-9-14(2)10-12-16)22-23-18-7-5-6-8-19(18)25(22)21(17)27/h5-12H,4,13H2,1-3H3. The molecule has 5 nitrogen and oxygen atoms in total. The van der Waals surface area contributed by atoms with Crippen LogP contribution >= 0.6 is 0 Å². The number of carbonyl (C=O) groups excluding carboxylic acids is 1. The van der Waals surface area contributed by atoms with Crippen LogP contribution in [0.4, 0.5) is 0 Å². The molecule has 4 aromatic rings. The molecule has 27 heavy (non-hydrogen) atoms. The van der Waals surface area contributed by atoms with E-state index in [1.165, 1.54) is 0 Å². The molecule has 0 atom stereocenters. The van der Waals surface area contributed by atoms with Crippen LogP contribution in [-0.4, -0.2) is 19.7 Å². The maximum absolute atomic E-state index is 13.0. The Morgan fingerprint density at radius 3 is 2.44 bits per heavy atom. The number of aromatic nitrogens is 3. The van der Waals surface area contributed by atoms with Gasteiger partial charge in [0.15, 0.2) is 5.78 Å². The molecular weight excluding hydrogens is 338 g/mol. The van der Waals surface area contributed by atoms with E-state index in [2.05, 4.69) is 4.98 Å². The zero-order chi connectivity index (χ0) is 19.1. The lowest BCUT2D eigenvalue weighted by atomic mass is 10.1. The first-order valence-corrected chi connectivity index (χ1v) is 9.10. The number of para-hydroxylation sites is 2. The first-order valence-electron chi connectivity index (χ1n) is 9.10. The van der Waals surface area contributed by atoms with Gasteiger partial charge >= 0.3 is 0 Å². The Labute approximate surface area is 156 Å². The van der Waals surface area contributed by atoms with E-state index >= 15 is 0 Å². The third-order valence-electron chi connectivity index (χ3n) is 5.12. The summed E-state index contributed by atoms with van der Waals surface area (Å²) in [6.07, 6.45) is 0.603. The van der Waals surface area contributed by atoms with Crippen molar-refractivity contribution in [3.63, 3.8) is 0 Å². The number of hydrogen-bond donors (Lipinski definition) is 0. The SMILES string of the molecule is CCc1c(C)n(CC(=O)c2ccc(C)cc2)c2nc3ccccc3n2c1=O. The molecule has 0 amide bonds. The van der Waals surface area contributed by atoms with Crippen LogP contribution in [0.2, 0.25) is 0 Å². The molecule has 0 unspecified atom stereocenters. The van der Waals surface area contributed by atoms with Gasteiger partial charge in [0.25, 0.3) is 5.56 Å². The lowest BCUT2D eigenvalue weighted by Crippen LogP contribution is -2.26. The second kappa shape index (κ2) is 6.50. The number of Topliss-reactive ketones (excluding diaryl/α,β-unsaturated/α-hetero) is 1. The first-order chi connectivity index (χ1) is 13.0. The van der Waals surface area contributed by atoms with Crippen molar-refractivity contribution in [1.29, 1.82) is 0 Å². The predicted molar refractivity (Wildman–Crippen MR) is 107 cm³/mol. The molecule has 0 aliphatic carbocycles. The lowest BCUT2D eigenvalue weighted by Gasteiger charge is -2.15. The van der Waals surface area contributed by atoms with Gasteiger partial charge in [0, 0.05) is 16.8 Å². The average Bonchev–Trinajstić information content (AvgIpc) is 3.05. The smallest absolute Gasteiger partial charge is 0.262 e.